The van der Waals surface area contributed by atoms with Gasteiger partial charge < -0.3 is 0 Å². The molecule has 2 aromatic carbocycles. The fourth-order valence-corrected chi connectivity index (χ4v) is 5.36. The number of pyridine rings is 2. The molecule has 0 amide bonds. The monoisotopic (exact) mass is 512 g/mol. The molecule has 2 aliphatic carbocycles. The summed E-state index contributed by atoms with van der Waals surface area (Å²) in [6, 6.07) is 12.7. The molecular formula is C30H11F3N6. The molecule has 0 bridgehead atoms. The van der Waals surface area contributed by atoms with Gasteiger partial charge in [-0.3, -0.25) is 9.97 Å². The van der Waals surface area contributed by atoms with E-state index in [1.54, 1.807) is 12.3 Å². The molecule has 39 heavy (non-hydrogen) atoms. The van der Waals surface area contributed by atoms with Gasteiger partial charge in [-0.25, -0.2) is 20.2 Å². The van der Waals surface area contributed by atoms with E-state index in [1.807, 2.05) is 31.2 Å². The summed E-state index contributed by atoms with van der Waals surface area (Å²) in [5.41, 5.74) is 4.92. The molecule has 6 rings (SSSR count). The number of nitrogens with zero attached hydrogens (tertiary/aromatic N) is 6. The minimum Gasteiger partial charge on any atom is -0.253 e. The fraction of sp³-hybridized carbons (Fsp3) is 0.0667. The Kier molecular flexibility index (Phi) is 4.92. The van der Waals surface area contributed by atoms with Crippen molar-refractivity contribution in [1.29, 1.82) is 10.5 Å². The van der Waals surface area contributed by atoms with Crippen LogP contribution in [0.5, 0.6) is 0 Å². The second-order valence-electron chi connectivity index (χ2n) is 8.99. The predicted octanol–water partition coefficient (Wildman–Crippen LogP) is 7.32. The Morgan fingerprint density at radius 1 is 0.744 bits per heavy atom. The van der Waals surface area contributed by atoms with Gasteiger partial charge >= 0.3 is 6.18 Å². The molecule has 2 aromatic heterocycles. The normalized spacial score (nSPS) is 15.2. The number of benzene rings is 2. The topological polar surface area (TPSA) is 82.1 Å². The number of fused-ring (bicyclic) bond motifs is 9. The van der Waals surface area contributed by atoms with Crippen LogP contribution in [0.1, 0.15) is 33.4 Å². The van der Waals surface area contributed by atoms with Crippen LogP contribution in [0, 0.1) is 42.7 Å². The summed E-state index contributed by atoms with van der Waals surface area (Å²) in [5, 5.41) is 19.3. The van der Waals surface area contributed by atoms with Crippen molar-refractivity contribution in [2.24, 2.45) is 0 Å². The second kappa shape index (κ2) is 8.12. The van der Waals surface area contributed by atoms with Crippen molar-refractivity contribution in [3.05, 3.63) is 116 Å². The fourth-order valence-electron chi connectivity index (χ4n) is 5.36. The van der Waals surface area contributed by atoms with Gasteiger partial charge in [-0.05, 0) is 41.3 Å². The highest BCUT2D eigenvalue weighted by Crippen LogP contribution is 2.53. The van der Waals surface area contributed by atoms with Crippen molar-refractivity contribution in [2.45, 2.75) is 13.1 Å². The van der Waals surface area contributed by atoms with Crippen LogP contribution in [0.25, 0.3) is 54.1 Å². The molecule has 0 spiro atoms. The lowest BCUT2D eigenvalue weighted by Gasteiger charge is -2.11. The van der Waals surface area contributed by atoms with Gasteiger partial charge in [0.25, 0.3) is 11.4 Å². The average Bonchev–Trinajstić information content (AvgIpc) is 3.42. The summed E-state index contributed by atoms with van der Waals surface area (Å²) in [6.07, 6.45) is -1.64. The summed E-state index contributed by atoms with van der Waals surface area (Å²) in [4.78, 5) is 16.0. The van der Waals surface area contributed by atoms with E-state index in [0.29, 0.717) is 50.0 Å². The predicted molar refractivity (Wildman–Crippen MR) is 137 cm³/mol. The van der Waals surface area contributed by atoms with Gasteiger partial charge in [-0.1, -0.05) is 29.8 Å². The van der Waals surface area contributed by atoms with Crippen LogP contribution < -0.4 is 0 Å². The first-order valence-corrected chi connectivity index (χ1v) is 11.4. The number of hydrogen-bond donors (Lipinski definition) is 0. The molecule has 0 radical (unpaired) electrons. The van der Waals surface area contributed by atoms with Crippen LogP contribution in [0.3, 0.4) is 0 Å². The van der Waals surface area contributed by atoms with Crippen molar-refractivity contribution in [3.8, 4) is 34.4 Å². The summed E-state index contributed by atoms with van der Waals surface area (Å²) >= 11 is 0. The van der Waals surface area contributed by atoms with Crippen LogP contribution in [-0.2, 0) is 6.18 Å². The van der Waals surface area contributed by atoms with Gasteiger partial charge in [0.15, 0.2) is 0 Å². The molecule has 0 saturated heterocycles. The highest BCUT2D eigenvalue weighted by atomic mass is 19.4. The number of alkyl halides is 3. The molecular weight excluding hydrogens is 501 g/mol. The molecule has 9 heteroatoms. The average molecular weight is 512 g/mol. The van der Waals surface area contributed by atoms with Crippen molar-refractivity contribution in [3.63, 3.8) is 0 Å². The Bertz CT molecular complexity index is 2020. The minimum atomic E-state index is -4.62. The number of hydrogen-bond acceptors (Lipinski definition) is 4. The van der Waals surface area contributed by atoms with Gasteiger partial charge in [-0.15, -0.1) is 0 Å². The van der Waals surface area contributed by atoms with E-state index in [4.69, 9.17) is 13.1 Å². The van der Waals surface area contributed by atoms with E-state index in [9.17, 15) is 23.7 Å². The molecule has 0 aliphatic heterocycles. The summed E-state index contributed by atoms with van der Waals surface area (Å²) in [5.74, 6) is 0. The highest BCUT2D eigenvalue weighted by Gasteiger charge is 2.37. The van der Waals surface area contributed by atoms with Crippen LogP contribution in [0.4, 0.5) is 13.2 Å². The standard InChI is InChI=1S/C30H11F3N6/c1-14-4-6-16-18(8-14)24(22(10-34)36-2)20-12-38-29-27-17-7-5-15(30(31,32)33)9-19(17)25(23(11-35)37-3)21(27)13-39-28(29)26(16)20/h4-9,12-13H,1H3/b24-22+,25-23-. The van der Waals surface area contributed by atoms with Crippen molar-refractivity contribution in [2.75, 3.05) is 0 Å². The molecule has 6 nitrogen and oxygen atoms in total. The number of halogens is 3. The maximum atomic E-state index is 13.6. The maximum absolute atomic E-state index is 13.6. The molecule has 0 saturated carbocycles. The zero-order valence-corrected chi connectivity index (χ0v) is 19.9. The number of aromatic nitrogens is 2. The zero-order valence-electron chi connectivity index (χ0n) is 19.9. The van der Waals surface area contributed by atoms with Crippen LogP contribution >= 0.6 is 0 Å². The lowest BCUT2D eigenvalue weighted by atomic mass is 9.99. The first-order chi connectivity index (χ1) is 18.7. The Morgan fingerprint density at radius 3 is 1.69 bits per heavy atom. The third-order valence-electron chi connectivity index (χ3n) is 6.93. The van der Waals surface area contributed by atoms with Gasteiger partial charge in [0, 0.05) is 45.8 Å². The number of allylic oxidation sites excluding steroid dienone is 2. The molecule has 2 heterocycles. The maximum Gasteiger partial charge on any atom is 0.416 e. The second-order valence-corrected chi connectivity index (χ2v) is 8.99. The quantitative estimate of drug-likeness (QED) is 0.158. The lowest BCUT2D eigenvalue weighted by molar-refractivity contribution is -0.137. The first-order valence-electron chi connectivity index (χ1n) is 11.4. The molecule has 182 valence electrons. The zero-order chi connectivity index (χ0) is 27.6. The number of aryl methyl sites for hydroxylation is 1. The summed E-state index contributed by atoms with van der Waals surface area (Å²) in [7, 11) is 0. The van der Waals surface area contributed by atoms with E-state index < -0.39 is 11.7 Å². The molecule has 0 unspecified atom stereocenters. The van der Waals surface area contributed by atoms with Gasteiger partial charge in [0.2, 0.25) is 0 Å². The van der Waals surface area contributed by atoms with Crippen molar-refractivity contribution >= 4 is 22.2 Å². The Morgan fingerprint density at radius 2 is 1.23 bits per heavy atom. The van der Waals surface area contributed by atoms with Gasteiger partial charge in [0.1, 0.15) is 0 Å². The van der Waals surface area contributed by atoms with E-state index in [1.165, 1.54) is 12.3 Å². The Hall–Kier alpha value is -5.77. The number of rotatable bonds is 0. The van der Waals surface area contributed by atoms with E-state index in [0.717, 1.165) is 23.3 Å². The van der Waals surface area contributed by atoms with Gasteiger partial charge in [-0.2, -0.15) is 13.2 Å². The van der Waals surface area contributed by atoms with E-state index in [-0.39, 0.29) is 22.5 Å². The van der Waals surface area contributed by atoms with Crippen molar-refractivity contribution < 1.29 is 13.2 Å². The SMILES string of the molecule is [C-]#[N+]/C(C#N)=C1/c2cc(C(F)(F)F)ccc2-c2c1cnc1c3c(cnc21)/C(=C(\C#N)[N+]#[C-])c1cc(C)ccc1-3. The molecule has 4 aromatic rings. The summed E-state index contributed by atoms with van der Waals surface area (Å²) in [6.45, 7) is 16.9. The largest absolute Gasteiger partial charge is 0.416 e. The van der Waals surface area contributed by atoms with Crippen molar-refractivity contribution in [1.82, 2.24) is 9.97 Å². The summed E-state index contributed by atoms with van der Waals surface area (Å²) < 4.78 is 40.8. The van der Waals surface area contributed by atoms with E-state index in [2.05, 4.69) is 19.7 Å². The van der Waals surface area contributed by atoms with E-state index >= 15 is 0 Å². The minimum absolute atomic E-state index is 0.0803. The molecule has 2 aliphatic rings. The Balaban J connectivity index is 1.76. The Labute approximate surface area is 219 Å². The van der Waals surface area contributed by atoms with Crippen LogP contribution in [0.2, 0.25) is 0 Å². The third-order valence-corrected chi connectivity index (χ3v) is 6.93. The van der Waals surface area contributed by atoms with Crippen LogP contribution in [0.15, 0.2) is 60.2 Å². The smallest absolute Gasteiger partial charge is 0.253 e. The third kappa shape index (κ3) is 3.18. The highest BCUT2D eigenvalue weighted by molar-refractivity contribution is 6.16. The molecule has 0 fully saturated rings. The van der Waals surface area contributed by atoms with Crippen LogP contribution in [-0.4, -0.2) is 9.97 Å². The van der Waals surface area contributed by atoms with Gasteiger partial charge in [0.05, 0.1) is 41.9 Å². The molecule has 0 N–H and O–H groups in total. The first kappa shape index (κ1) is 23.6. The lowest BCUT2D eigenvalue weighted by Crippen LogP contribution is -2.05. The molecule has 0 atom stereocenters. The number of nitriles is 2.